The Morgan fingerprint density at radius 3 is 2.89 bits per heavy atom. The molecular formula is C12H17BrN2O4. The van der Waals surface area contributed by atoms with Crippen molar-refractivity contribution in [3.63, 3.8) is 0 Å². The van der Waals surface area contributed by atoms with Crippen molar-refractivity contribution in [2.45, 2.75) is 19.9 Å². The van der Waals surface area contributed by atoms with Crippen LogP contribution in [0.5, 0.6) is 0 Å². The number of aromatic nitrogens is 1. The highest BCUT2D eigenvalue weighted by Gasteiger charge is 2.12. The molecule has 6 nitrogen and oxygen atoms in total. The van der Waals surface area contributed by atoms with Crippen LogP contribution < -0.4 is 5.32 Å². The summed E-state index contributed by atoms with van der Waals surface area (Å²) in [6, 6.07) is 1.75. The Bertz CT molecular complexity index is 445. The fourth-order valence-electron chi connectivity index (χ4n) is 1.58. The van der Waals surface area contributed by atoms with Gasteiger partial charge >= 0.3 is 5.97 Å². The third-order valence-electron chi connectivity index (χ3n) is 2.32. The van der Waals surface area contributed by atoms with Gasteiger partial charge in [0.25, 0.3) is 5.91 Å². The summed E-state index contributed by atoms with van der Waals surface area (Å²) < 4.78 is 7.56. The number of amides is 1. The van der Waals surface area contributed by atoms with Crippen molar-refractivity contribution in [2.24, 2.45) is 0 Å². The van der Waals surface area contributed by atoms with E-state index in [0.29, 0.717) is 5.69 Å². The fraction of sp³-hybridized carbons (Fsp3) is 0.500. The quantitative estimate of drug-likeness (QED) is 0.707. The zero-order valence-electron chi connectivity index (χ0n) is 10.7. The van der Waals surface area contributed by atoms with E-state index in [0.717, 1.165) is 17.4 Å². The van der Waals surface area contributed by atoms with Crippen molar-refractivity contribution >= 4 is 27.8 Å². The normalized spacial score (nSPS) is 10.4. The van der Waals surface area contributed by atoms with Gasteiger partial charge in [-0.05, 0) is 28.4 Å². The molecule has 0 fully saturated rings. The van der Waals surface area contributed by atoms with E-state index < -0.39 is 5.97 Å². The standard InChI is InChI=1S/C12H17BrN2O4/c1-2-4-15-7-9(13)6-10(15)12(18)14-3-5-19-8-11(16)17/h6-7H,2-5,8H2,1H3,(H,14,18)(H,16,17). The molecule has 0 aromatic carbocycles. The van der Waals surface area contributed by atoms with Gasteiger partial charge in [0, 0.05) is 23.8 Å². The lowest BCUT2D eigenvalue weighted by atomic mass is 10.3. The van der Waals surface area contributed by atoms with Crippen LogP contribution in [0.15, 0.2) is 16.7 Å². The molecular weight excluding hydrogens is 316 g/mol. The van der Waals surface area contributed by atoms with Crippen LogP contribution >= 0.6 is 15.9 Å². The minimum absolute atomic E-state index is 0.174. The Morgan fingerprint density at radius 2 is 2.26 bits per heavy atom. The number of hydrogen-bond donors (Lipinski definition) is 2. The Hall–Kier alpha value is -1.34. The molecule has 0 aliphatic heterocycles. The molecule has 7 heteroatoms. The summed E-state index contributed by atoms with van der Waals surface area (Å²) >= 11 is 3.34. The third kappa shape index (κ3) is 5.44. The van der Waals surface area contributed by atoms with E-state index in [2.05, 4.69) is 21.2 Å². The summed E-state index contributed by atoms with van der Waals surface area (Å²) in [5.74, 6) is -1.22. The van der Waals surface area contributed by atoms with Crippen molar-refractivity contribution in [3.8, 4) is 0 Å². The largest absolute Gasteiger partial charge is 0.480 e. The van der Waals surface area contributed by atoms with Crippen LogP contribution in [0.4, 0.5) is 0 Å². The van der Waals surface area contributed by atoms with Crippen LogP contribution in [-0.2, 0) is 16.1 Å². The number of aliphatic carboxylic acids is 1. The number of nitrogens with one attached hydrogen (secondary N) is 1. The van der Waals surface area contributed by atoms with Crippen LogP contribution in [0.1, 0.15) is 23.8 Å². The second kappa shape index (κ2) is 7.96. The Labute approximate surface area is 119 Å². The maximum Gasteiger partial charge on any atom is 0.329 e. The molecule has 0 atom stereocenters. The maximum atomic E-state index is 11.9. The fourth-order valence-corrected chi connectivity index (χ4v) is 2.04. The molecule has 1 amide bonds. The maximum absolute atomic E-state index is 11.9. The van der Waals surface area contributed by atoms with Crippen molar-refractivity contribution < 1.29 is 19.4 Å². The van der Waals surface area contributed by atoms with Gasteiger partial charge in [0.15, 0.2) is 0 Å². The number of halogens is 1. The second-order valence-electron chi connectivity index (χ2n) is 3.94. The molecule has 0 aliphatic carbocycles. The number of nitrogens with zero attached hydrogens (tertiary/aromatic N) is 1. The first-order chi connectivity index (χ1) is 9.04. The van der Waals surface area contributed by atoms with Crippen molar-refractivity contribution in [1.29, 1.82) is 0 Å². The van der Waals surface area contributed by atoms with Gasteiger partial charge in [0.05, 0.1) is 6.61 Å². The van der Waals surface area contributed by atoms with E-state index in [-0.39, 0.29) is 25.7 Å². The van der Waals surface area contributed by atoms with E-state index in [1.807, 2.05) is 17.7 Å². The molecule has 106 valence electrons. The smallest absolute Gasteiger partial charge is 0.329 e. The minimum Gasteiger partial charge on any atom is -0.480 e. The number of carboxylic acids is 1. The van der Waals surface area contributed by atoms with Gasteiger partial charge < -0.3 is 19.7 Å². The summed E-state index contributed by atoms with van der Waals surface area (Å²) in [7, 11) is 0. The molecule has 19 heavy (non-hydrogen) atoms. The third-order valence-corrected chi connectivity index (χ3v) is 2.75. The van der Waals surface area contributed by atoms with Gasteiger partial charge in [-0.15, -0.1) is 0 Å². The molecule has 1 heterocycles. The molecule has 0 bridgehead atoms. The first-order valence-corrected chi connectivity index (χ1v) is 6.77. The van der Waals surface area contributed by atoms with E-state index in [1.165, 1.54) is 0 Å². The minimum atomic E-state index is -1.02. The van der Waals surface area contributed by atoms with Gasteiger partial charge in [-0.25, -0.2) is 4.79 Å². The van der Waals surface area contributed by atoms with Crippen molar-refractivity contribution in [3.05, 3.63) is 22.4 Å². The molecule has 0 aliphatic rings. The summed E-state index contributed by atoms with van der Waals surface area (Å²) in [4.78, 5) is 22.1. The average molecular weight is 333 g/mol. The number of rotatable bonds is 8. The molecule has 2 N–H and O–H groups in total. The number of hydrogen-bond acceptors (Lipinski definition) is 3. The summed E-state index contributed by atoms with van der Waals surface area (Å²) in [6.07, 6.45) is 2.79. The Morgan fingerprint density at radius 1 is 1.53 bits per heavy atom. The number of carbonyl (C=O) groups excluding carboxylic acids is 1. The molecule has 0 saturated carbocycles. The number of ether oxygens (including phenoxy) is 1. The predicted octanol–water partition coefficient (Wildman–Crippen LogP) is 1.49. The highest BCUT2D eigenvalue weighted by Crippen LogP contribution is 2.15. The molecule has 0 unspecified atom stereocenters. The Kier molecular flexibility index (Phi) is 6.58. The lowest BCUT2D eigenvalue weighted by Gasteiger charge is -2.08. The topological polar surface area (TPSA) is 80.6 Å². The van der Waals surface area contributed by atoms with Gasteiger partial charge in [0.2, 0.25) is 0 Å². The molecule has 1 aromatic rings. The highest BCUT2D eigenvalue weighted by atomic mass is 79.9. The van der Waals surface area contributed by atoms with E-state index in [9.17, 15) is 9.59 Å². The zero-order chi connectivity index (χ0) is 14.3. The van der Waals surface area contributed by atoms with Crippen molar-refractivity contribution in [1.82, 2.24) is 9.88 Å². The second-order valence-corrected chi connectivity index (χ2v) is 4.85. The van der Waals surface area contributed by atoms with Gasteiger partial charge in [0.1, 0.15) is 12.3 Å². The van der Waals surface area contributed by atoms with Crippen LogP contribution in [-0.4, -0.2) is 41.3 Å². The first kappa shape index (κ1) is 15.7. The lowest BCUT2D eigenvalue weighted by molar-refractivity contribution is -0.142. The highest BCUT2D eigenvalue weighted by molar-refractivity contribution is 9.10. The number of aryl methyl sites for hydroxylation is 1. The number of carboxylic acid groups (broad SMARTS) is 1. The zero-order valence-corrected chi connectivity index (χ0v) is 12.3. The van der Waals surface area contributed by atoms with Crippen LogP contribution in [0, 0.1) is 0 Å². The first-order valence-electron chi connectivity index (χ1n) is 5.98. The van der Waals surface area contributed by atoms with Crippen LogP contribution in [0.2, 0.25) is 0 Å². The average Bonchev–Trinajstić information content (AvgIpc) is 2.70. The van der Waals surface area contributed by atoms with E-state index in [4.69, 9.17) is 9.84 Å². The van der Waals surface area contributed by atoms with Gasteiger partial charge in [-0.2, -0.15) is 0 Å². The molecule has 0 spiro atoms. The monoisotopic (exact) mass is 332 g/mol. The van der Waals surface area contributed by atoms with Crippen LogP contribution in [0.3, 0.4) is 0 Å². The molecule has 0 saturated heterocycles. The van der Waals surface area contributed by atoms with E-state index in [1.54, 1.807) is 6.07 Å². The molecule has 0 radical (unpaired) electrons. The predicted molar refractivity (Wildman–Crippen MR) is 73.2 cm³/mol. The summed E-state index contributed by atoms with van der Waals surface area (Å²) in [6.45, 7) is 2.90. The van der Waals surface area contributed by atoms with Gasteiger partial charge in [-0.1, -0.05) is 6.92 Å². The SMILES string of the molecule is CCCn1cc(Br)cc1C(=O)NCCOCC(=O)O. The number of carbonyl (C=O) groups is 2. The molecule has 1 aromatic heterocycles. The lowest BCUT2D eigenvalue weighted by Crippen LogP contribution is -2.29. The van der Waals surface area contributed by atoms with E-state index >= 15 is 0 Å². The summed E-state index contributed by atoms with van der Waals surface area (Å²) in [5, 5.41) is 11.1. The van der Waals surface area contributed by atoms with Crippen LogP contribution in [0.25, 0.3) is 0 Å². The molecule has 1 rings (SSSR count). The van der Waals surface area contributed by atoms with Crippen molar-refractivity contribution in [2.75, 3.05) is 19.8 Å². The summed E-state index contributed by atoms with van der Waals surface area (Å²) in [5.41, 5.74) is 0.576. The van der Waals surface area contributed by atoms with Gasteiger partial charge in [-0.3, -0.25) is 4.79 Å². The Balaban J connectivity index is 2.42.